The molecule has 0 aliphatic rings. The summed E-state index contributed by atoms with van der Waals surface area (Å²) in [4.78, 5) is 25.1. The molecule has 1 unspecified atom stereocenters. The Bertz CT molecular complexity index is 516. The highest BCUT2D eigenvalue weighted by Gasteiger charge is 2.26. The highest BCUT2D eigenvalue weighted by molar-refractivity contribution is 7.85. The van der Waals surface area contributed by atoms with Crippen LogP contribution in [0.2, 0.25) is 25.7 Å². The van der Waals surface area contributed by atoms with Gasteiger partial charge in [0, 0.05) is 21.7 Å². The van der Waals surface area contributed by atoms with E-state index in [1.165, 1.54) is 11.9 Å². The predicted octanol–water partition coefficient (Wildman–Crippen LogP) is 1.55. The lowest BCUT2D eigenvalue weighted by Gasteiger charge is -2.23. The molecule has 0 fully saturated rings. The summed E-state index contributed by atoms with van der Waals surface area (Å²) in [5.74, 6) is -1.53. The van der Waals surface area contributed by atoms with Crippen LogP contribution >= 0.6 is 0 Å². The standard InChI is InChI=1S/C14H29NO7SSi/c1-7-20-13(16)12(11-22-23(3,18)19)10-15(2)14(17)21-8-9-24(4,5)6/h12H,7-11H2,1-6H3. The molecule has 8 nitrogen and oxygen atoms in total. The number of carbonyl (C=O) groups excluding carboxylic acids is 2. The molecule has 0 N–H and O–H groups in total. The third kappa shape index (κ3) is 11.4. The summed E-state index contributed by atoms with van der Waals surface area (Å²) in [7, 11) is -3.53. The quantitative estimate of drug-likeness (QED) is 0.320. The summed E-state index contributed by atoms with van der Waals surface area (Å²) in [6.07, 6.45) is 0.325. The van der Waals surface area contributed by atoms with Gasteiger partial charge in [0.2, 0.25) is 0 Å². The Morgan fingerprint density at radius 2 is 1.75 bits per heavy atom. The molecule has 0 aliphatic carbocycles. The van der Waals surface area contributed by atoms with Gasteiger partial charge in [-0.1, -0.05) is 19.6 Å². The molecule has 0 aromatic heterocycles. The van der Waals surface area contributed by atoms with Gasteiger partial charge >= 0.3 is 12.1 Å². The maximum Gasteiger partial charge on any atom is 0.409 e. The Balaban J connectivity index is 4.63. The van der Waals surface area contributed by atoms with Gasteiger partial charge in [-0.2, -0.15) is 8.42 Å². The molecule has 0 rings (SSSR count). The molecule has 142 valence electrons. The van der Waals surface area contributed by atoms with Gasteiger partial charge in [-0.15, -0.1) is 0 Å². The number of ether oxygens (including phenoxy) is 2. The van der Waals surface area contributed by atoms with Crippen LogP contribution < -0.4 is 0 Å². The zero-order valence-corrected chi connectivity index (χ0v) is 17.1. The van der Waals surface area contributed by atoms with Crippen molar-refractivity contribution in [2.24, 2.45) is 5.92 Å². The number of nitrogens with zero attached hydrogens (tertiary/aromatic N) is 1. The van der Waals surface area contributed by atoms with Crippen LogP contribution in [0, 0.1) is 5.92 Å². The Kier molecular flexibility index (Phi) is 9.52. The molecular formula is C14H29NO7SSi. The Morgan fingerprint density at radius 3 is 2.21 bits per heavy atom. The first-order valence-corrected chi connectivity index (χ1v) is 13.3. The van der Waals surface area contributed by atoms with Crippen molar-refractivity contribution < 1.29 is 31.7 Å². The van der Waals surface area contributed by atoms with E-state index < -0.39 is 36.2 Å². The maximum absolute atomic E-state index is 12.0. The molecule has 0 aliphatic heterocycles. The van der Waals surface area contributed by atoms with Crippen molar-refractivity contribution in [1.82, 2.24) is 4.90 Å². The van der Waals surface area contributed by atoms with Gasteiger partial charge in [-0.05, 0) is 13.0 Å². The van der Waals surface area contributed by atoms with Gasteiger partial charge in [-0.3, -0.25) is 8.98 Å². The highest BCUT2D eigenvalue weighted by Crippen LogP contribution is 2.10. The zero-order valence-electron chi connectivity index (χ0n) is 15.3. The molecule has 0 heterocycles. The van der Waals surface area contributed by atoms with Crippen molar-refractivity contribution in [2.75, 3.05) is 39.7 Å². The first-order chi connectivity index (χ1) is 10.9. The summed E-state index contributed by atoms with van der Waals surface area (Å²) in [6.45, 7) is 8.18. The third-order valence-corrected chi connectivity index (χ3v) is 5.26. The minimum atomic E-state index is -3.69. The molecule has 0 bridgehead atoms. The predicted molar refractivity (Wildman–Crippen MR) is 93.0 cm³/mol. The van der Waals surface area contributed by atoms with Gasteiger partial charge in [0.1, 0.15) is 0 Å². The third-order valence-electron chi connectivity index (χ3n) is 2.99. The van der Waals surface area contributed by atoms with Crippen LogP contribution in [0.25, 0.3) is 0 Å². The lowest BCUT2D eigenvalue weighted by atomic mass is 10.1. The van der Waals surface area contributed by atoms with Gasteiger partial charge < -0.3 is 14.4 Å². The van der Waals surface area contributed by atoms with Gasteiger partial charge in [0.15, 0.2) is 0 Å². The first kappa shape index (κ1) is 22.9. The van der Waals surface area contributed by atoms with Gasteiger partial charge in [0.25, 0.3) is 10.1 Å². The summed E-state index contributed by atoms with van der Waals surface area (Å²) in [5, 5.41) is 0. The molecule has 10 heteroatoms. The Hall–Kier alpha value is -1.13. The molecular weight excluding hydrogens is 354 g/mol. The summed E-state index contributed by atoms with van der Waals surface area (Å²) < 4.78 is 36.9. The fraction of sp³-hybridized carbons (Fsp3) is 0.857. The van der Waals surface area contributed by atoms with Crippen molar-refractivity contribution in [3.8, 4) is 0 Å². The van der Waals surface area contributed by atoms with E-state index in [1.54, 1.807) is 6.92 Å². The molecule has 24 heavy (non-hydrogen) atoms. The molecule has 1 atom stereocenters. The first-order valence-electron chi connectivity index (χ1n) is 7.74. The smallest absolute Gasteiger partial charge is 0.409 e. The molecule has 0 radical (unpaired) electrons. The number of hydrogen-bond donors (Lipinski definition) is 0. The van der Waals surface area contributed by atoms with E-state index in [9.17, 15) is 18.0 Å². The molecule has 0 aromatic rings. The minimum Gasteiger partial charge on any atom is -0.466 e. The second-order valence-corrected chi connectivity index (χ2v) is 14.0. The topological polar surface area (TPSA) is 99.2 Å². The van der Waals surface area contributed by atoms with Crippen molar-refractivity contribution in [2.45, 2.75) is 32.6 Å². The SMILES string of the molecule is CCOC(=O)C(COS(C)(=O)=O)CN(C)C(=O)OCC[Si](C)(C)C. The van der Waals surface area contributed by atoms with Gasteiger partial charge in [-0.25, -0.2) is 4.79 Å². The number of amides is 1. The van der Waals surface area contributed by atoms with Crippen molar-refractivity contribution in [3.05, 3.63) is 0 Å². The second kappa shape index (κ2) is 9.99. The van der Waals surface area contributed by atoms with E-state index in [-0.39, 0.29) is 19.8 Å². The average Bonchev–Trinajstić information content (AvgIpc) is 2.40. The summed E-state index contributed by atoms with van der Waals surface area (Å²) >= 11 is 0. The minimum absolute atomic E-state index is 0.0554. The van der Waals surface area contributed by atoms with Crippen LogP contribution in [0.1, 0.15) is 6.92 Å². The van der Waals surface area contributed by atoms with Crippen LogP contribution in [0.15, 0.2) is 0 Å². The van der Waals surface area contributed by atoms with E-state index in [0.29, 0.717) is 6.61 Å². The van der Waals surface area contributed by atoms with Crippen molar-refractivity contribution >= 4 is 30.3 Å². The number of rotatable bonds is 10. The molecule has 0 aromatic carbocycles. The summed E-state index contributed by atoms with van der Waals surface area (Å²) in [5.41, 5.74) is 0. The van der Waals surface area contributed by atoms with E-state index in [4.69, 9.17) is 9.47 Å². The lowest BCUT2D eigenvalue weighted by molar-refractivity contribution is -0.149. The molecule has 1 amide bonds. The van der Waals surface area contributed by atoms with Crippen LogP contribution in [-0.4, -0.2) is 73.1 Å². The highest BCUT2D eigenvalue weighted by atomic mass is 32.2. The Labute approximate surface area is 145 Å². The van der Waals surface area contributed by atoms with Crippen LogP contribution in [0.4, 0.5) is 4.79 Å². The van der Waals surface area contributed by atoms with Crippen LogP contribution in [-0.2, 0) is 28.6 Å². The largest absolute Gasteiger partial charge is 0.466 e. The monoisotopic (exact) mass is 383 g/mol. The van der Waals surface area contributed by atoms with Crippen molar-refractivity contribution in [1.29, 1.82) is 0 Å². The number of hydrogen-bond acceptors (Lipinski definition) is 7. The van der Waals surface area contributed by atoms with E-state index >= 15 is 0 Å². The van der Waals surface area contributed by atoms with Crippen molar-refractivity contribution in [3.63, 3.8) is 0 Å². The normalized spacial score (nSPS) is 13.2. The molecule has 0 saturated carbocycles. The van der Waals surface area contributed by atoms with E-state index in [1.807, 2.05) is 0 Å². The molecule has 0 saturated heterocycles. The summed E-state index contributed by atoms with van der Waals surface area (Å²) in [6, 6.07) is 0.838. The van der Waals surface area contributed by atoms with E-state index in [0.717, 1.165) is 12.3 Å². The second-order valence-electron chi connectivity index (χ2n) is 6.74. The maximum atomic E-state index is 12.0. The fourth-order valence-electron chi connectivity index (χ4n) is 1.62. The zero-order chi connectivity index (χ0) is 19.0. The average molecular weight is 384 g/mol. The van der Waals surface area contributed by atoms with Crippen LogP contribution in [0.3, 0.4) is 0 Å². The van der Waals surface area contributed by atoms with E-state index in [2.05, 4.69) is 23.8 Å². The number of esters is 1. The Morgan fingerprint density at radius 1 is 1.17 bits per heavy atom. The number of carbonyl (C=O) groups is 2. The fourth-order valence-corrected chi connectivity index (χ4v) is 2.75. The van der Waals surface area contributed by atoms with Gasteiger partial charge in [0.05, 0.1) is 32.0 Å². The lowest BCUT2D eigenvalue weighted by Crippen LogP contribution is -2.38. The van der Waals surface area contributed by atoms with Crippen LogP contribution in [0.5, 0.6) is 0 Å². The molecule has 0 spiro atoms.